The first-order valence-corrected chi connectivity index (χ1v) is 5.06. The molecule has 0 saturated heterocycles. The van der Waals surface area contributed by atoms with Crippen LogP contribution in [-0.4, -0.2) is 4.98 Å². The van der Waals surface area contributed by atoms with Gasteiger partial charge >= 0.3 is 0 Å². The molecule has 2 rings (SSSR count). The molecule has 0 fully saturated rings. The van der Waals surface area contributed by atoms with Gasteiger partial charge in [-0.2, -0.15) is 0 Å². The smallest absolute Gasteiger partial charge is 0.0720 e. The van der Waals surface area contributed by atoms with E-state index in [-0.39, 0.29) is 0 Å². The lowest BCUT2D eigenvalue weighted by Gasteiger charge is -2.05. The summed E-state index contributed by atoms with van der Waals surface area (Å²) in [6.45, 7) is 3.89. The Balaban J connectivity index is 2.89. The number of hydrogen-bond donors (Lipinski definition) is 0. The van der Waals surface area contributed by atoms with E-state index in [4.69, 9.17) is 23.2 Å². The highest BCUT2D eigenvalue weighted by atomic mass is 35.5. The van der Waals surface area contributed by atoms with E-state index in [2.05, 4.69) is 4.98 Å². The van der Waals surface area contributed by atoms with Gasteiger partial charge in [-0.15, -0.1) is 0 Å². The highest BCUT2D eigenvalue weighted by molar-refractivity contribution is 6.37. The van der Waals surface area contributed by atoms with Crippen molar-refractivity contribution in [2.24, 2.45) is 0 Å². The molecule has 0 spiro atoms. The largest absolute Gasteiger partial charge is 0.256 e. The maximum atomic E-state index is 6.15. The Bertz CT molecular complexity index is 506. The van der Waals surface area contributed by atoms with Gasteiger partial charge in [-0.25, -0.2) is 0 Å². The van der Waals surface area contributed by atoms with Gasteiger partial charge in [-0.3, -0.25) is 4.98 Å². The second-order valence-corrected chi connectivity index (χ2v) is 4.16. The third-order valence-electron chi connectivity index (χ3n) is 2.26. The molecule has 1 nitrogen and oxygen atoms in total. The Hall–Kier alpha value is -0.790. The van der Waals surface area contributed by atoms with Gasteiger partial charge in [0.25, 0.3) is 0 Å². The van der Waals surface area contributed by atoms with Gasteiger partial charge in [0, 0.05) is 16.6 Å². The van der Waals surface area contributed by atoms with Crippen LogP contribution in [0, 0.1) is 13.8 Å². The minimum Gasteiger partial charge on any atom is -0.256 e. The molecular weight excluding hydrogens is 217 g/mol. The Labute approximate surface area is 92.7 Å². The van der Waals surface area contributed by atoms with Crippen molar-refractivity contribution in [3.63, 3.8) is 0 Å². The SMILES string of the molecule is Cc1cc2ncc(C)c(Cl)c2cc1Cl. The van der Waals surface area contributed by atoms with Gasteiger partial charge in [0.15, 0.2) is 0 Å². The summed E-state index contributed by atoms with van der Waals surface area (Å²) in [6.07, 6.45) is 1.78. The first-order valence-electron chi connectivity index (χ1n) is 4.30. The molecule has 14 heavy (non-hydrogen) atoms. The number of benzene rings is 1. The zero-order valence-corrected chi connectivity index (χ0v) is 9.45. The minimum atomic E-state index is 0.729. The van der Waals surface area contributed by atoms with Crippen LogP contribution in [-0.2, 0) is 0 Å². The first kappa shape index (κ1) is 9.75. The fraction of sp³-hybridized carbons (Fsp3) is 0.182. The molecule has 0 unspecified atom stereocenters. The Morgan fingerprint density at radius 2 is 1.79 bits per heavy atom. The fourth-order valence-electron chi connectivity index (χ4n) is 1.38. The number of aromatic nitrogens is 1. The van der Waals surface area contributed by atoms with Crippen molar-refractivity contribution in [1.29, 1.82) is 0 Å². The molecule has 0 N–H and O–H groups in total. The summed E-state index contributed by atoms with van der Waals surface area (Å²) in [7, 11) is 0. The summed E-state index contributed by atoms with van der Waals surface area (Å²) in [6, 6.07) is 3.82. The molecule has 0 radical (unpaired) electrons. The van der Waals surface area contributed by atoms with Crippen LogP contribution in [0.4, 0.5) is 0 Å². The first-order chi connectivity index (χ1) is 6.59. The van der Waals surface area contributed by atoms with Gasteiger partial charge < -0.3 is 0 Å². The lowest BCUT2D eigenvalue weighted by Crippen LogP contribution is -1.86. The molecule has 1 aromatic heterocycles. The van der Waals surface area contributed by atoms with E-state index in [0.717, 1.165) is 32.1 Å². The molecule has 0 aliphatic rings. The van der Waals surface area contributed by atoms with Crippen molar-refractivity contribution in [3.05, 3.63) is 39.5 Å². The van der Waals surface area contributed by atoms with Crippen molar-refractivity contribution in [3.8, 4) is 0 Å². The van der Waals surface area contributed by atoms with Crippen LogP contribution in [0.5, 0.6) is 0 Å². The monoisotopic (exact) mass is 225 g/mol. The molecule has 3 heteroatoms. The number of nitrogens with zero attached hydrogens (tertiary/aromatic N) is 1. The van der Waals surface area contributed by atoms with Crippen LogP contribution in [0.2, 0.25) is 10.0 Å². The van der Waals surface area contributed by atoms with Crippen LogP contribution >= 0.6 is 23.2 Å². The van der Waals surface area contributed by atoms with Crippen molar-refractivity contribution in [2.75, 3.05) is 0 Å². The van der Waals surface area contributed by atoms with Gasteiger partial charge in [0.2, 0.25) is 0 Å². The van der Waals surface area contributed by atoms with Crippen molar-refractivity contribution in [2.45, 2.75) is 13.8 Å². The van der Waals surface area contributed by atoms with Crippen LogP contribution in [0.1, 0.15) is 11.1 Å². The number of pyridine rings is 1. The molecule has 0 atom stereocenters. The van der Waals surface area contributed by atoms with Crippen molar-refractivity contribution in [1.82, 2.24) is 4.98 Å². The molecule has 1 aromatic carbocycles. The van der Waals surface area contributed by atoms with E-state index in [1.807, 2.05) is 26.0 Å². The number of hydrogen-bond acceptors (Lipinski definition) is 1. The van der Waals surface area contributed by atoms with E-state index >= 15 is 0 Å². The van der Waals surface area contributed by atoms with Gasteiger partial charge in [0.1, 0.15) is 0 Å². The molecule has 0 bridgehead atoms. The van der Waals surface area contributed by atoms with Crippen LogP contribution in [0.15, 0.2) is 18.3 Å². The van der Waals surface area contributed by atoms with Crippen molar-refractivity contribution >= 4 is 34.1 Å². The van der Waals surface area contributed by atoms with E-state index in [1.54, 1.807) is 6.20 Å². The second-order valence-electron chi connectivity index (χ2n) is 3.37. The van der Waals surface area contributed by atoms with Gasteiger partial charge in [0.05, 0.1) is 10.5 Å². The fourth-order valence-corrected chi connectivity index (χ4v) is 1.75. The molecule has 0 aliphatic carbocycles. The standard InChI is InChI=1S/C11H9Cl2N/c1-6-3-10-8(4-9(6)12)11(13)7(2)5-14-10/h3-5H,1-2H3. The van der Waals surface area contributed by atoms with Crippen molar-refractivity contribution < 1.29 is 0 Å². The topological polar surface area (TPSA) is 12.9 Å². The summed E-state index contributed by atoms with van der Waals surface area (Å²) in [5.74, 6) is 0. The van der Waals surface area contributed by atoms with Crippen LogP contribution in [0.25, 0.3) is 10.9 Å². The second kappa shape index (κ2) is 3.41. The van der Waals surface area contributed by atoms with E-state index < -0.39 is 0 Å². The normalized spacial score (nSPS) is 10.9. The maximum Gasteiger partial charge on any atom is 0.0720 e. The third kappa shape index (κ3) is 1.47. The average molecular weight is 226 g/mol. The Morgan fingerprint density at radius 1 is 1.07 bits per heavy atom. The zero-order valence-electron chi connectivity index (χ0n) is 7.94. The third-order valence-corrected chi connectivity index (χ3v) is 3.17. The summed E-state index contributed by atoms with van der Waals surface area (Å²) >= 11 is 12.2. The van der Waals surface area contributed by atoms with Gasteiger partial charge in [-0.1, -0.05) is 23.2 Å². The predicted molar refractivity (Wildman–Crippen MR) is 61.2 cm³/mol. The molecule has 72 valence electrons. The molecule has 0 amide bonds. The molecule has 1 heterocycles. The molecule has 0 saturated carbocycles. The maximum absolute atomic E-state index is 6.15. The lowest BCUT2D eigenvalue weighted by atomic mass is 10.1. The summed E-state index contributed by atoms with van der Waals surface area (Å²) in [5.41, 5.74) is 2.88. The number of fused-ring (bicyclic) bond motifs is 1. The van der Waals surface area contributed by atoms with E-state index in [1.165, 1.54) is 0 Å². The zero-order chi connectivity index (χ0) is 10.3. The van der Waals surface area contributed by atoms with Gasteiger partial charge in [-0.05, 0) is 37.1 Å². The average Bonchev–Trinajstić information content (AvgIpc) is 2.15. The highest BCUT2D eigenvalue weighted by Gasteiger charge is 2.05. The van der Waals surface area contributed by atoms with Crippen LogP contribution < -0.4 is 0 Å². The summed E-state index contributed by atoms with van der Waals surface area (Å²) in [4.78, 5) is 4.30. The summed E-state index contributed by atoms with van der Waals surface area (Å²) < 4.78 is 0. The van der Waals surface area contributed by atoms with Crippen LogP contribution in [0.3, 0.4) is 0 Å². The Kier molecular flexibility index (Phi) is 2.38. The lowest BCUT2D eigenvalue weighted by molar-refractivity contribution is 1.32. The Morgan fingerprint density at radius 3 is 2.50 bits per heavy atom. The minimum absolute atomic E-state index is 0.729. The molecule has 0 aliphatic heterocycles. The molecule has 2 aromatic rings. The number of aryl methyl sites for hydroxylation is 2. The predicted octanol–water partition coefficient (Wildman–Crippen LogP) is 4.16. The van der Waals surface area contributed by atoms with E-state index in [9.17, 15) is 0 Å². The molecular formula is C11H9Cl2N. The number of rotatable bonds is 0. The highest BCUT2D eigenvalue weighted by Crippen LogP contribution is 2.29. The quantitative estimate of drug-likeness (QED) is 0.657. The summed E-state index contributed by atoms with van der Waals surface area (Å²) in [5, 5.41) is 2.38. The number of halogens is 2. The van der Waals surface area contributed by atoms with E-state index in [0.29, 0.717) is 0 Å².